The fraction of sp³-hybridized carbons (Fsp3) is 0.294. The van der Waals surface area contributed by atoms with Gasteiger partial charge in [0.1, 0.15) is 5.82 Å². The molecule has 1 aliphatic carbocycles. The van der Waals surface area contributed by atoms with Gasteiger partial charge in [-0.25, -0.2) is 0 Å². The van der Waals surface area contributed by atoms with Gasteiger partial charge < -0.3 is 8.98 Å². The number of aromatic nitrogens is 5. The number of hydrogen-bond acceptors (Lipinski definition) is 6. The smallest absolute Gasteiger partial charge is 0.249 e. The second kappa shape index (κ2) is 7.01. The highest BCUT2D eigenvalue weighted by molar-refractivity contribution is 7.98. The van der Waals surface area contributed by atoms with Gasteiger partial charge in [-0.1, -0.05) is 41.6 Å². The van der Waals surface area contributed by atoms with Crippen LogP contribution in [0.5, 0.6) is 0 Å². The number of thioether (sulfide) groups is 1. The van der Waals surface area contributed by atoms with Crippen molar-refractivity contribution in [3.8, 4) is 11.5 Å². The third-order valence-corrected chi connectivity index (χ3v) is 5.18. The van der Waals surface area contributed by atoms with Crippen molar-refractivity contribution in [2.75, 3.05) is 0 Å². The number of benzene rings is 1. The minimum Gasteiger partial charge on any atom is -0.420 e. The maximum Gasteiger partial charge on any atom is 0.249 e. The van der Waals surface area contributed by atoms with Gasteiger partial charge in [0.2, 0.25) is 11.8 Å². The molecule has 0 N–H and O–H groups in total. The van der Waals surface area contributed by atoms with E-state index >= 15 is 0 Å². The van der Waals surface area contributed by atoms with Crippen molar-refractivity contribution in [1.82, 2.24) is 25.0 Å². The predicted molar refractivity (Wildman–Crippen MR) is 96.5 cm³/mol. The van der Waals surface area contributed by atoms with Crippen LogP contribution in [-0.4, -0.2) is 25.0 Å². The van der Waals surface area contributed by atoms with Crippen molar-refractivity contribution in [3.63, 3.8) is 0 Å². The Balaban J connectivity index is 1.49. The SMILES string of the molecule is C=CCn1c(SCc2nnc(-c3ccccc3Cl)o2)nnc1C1CC1. The monoisotopic (exact) mass is 373 g/mol. The molecule has 1 fully saturated rings. The van der Waals surface area contributed by atoms with E-state index in [1.54, 1.807) is 6.07 Å². The summed E-state index contributed by atoms with van der Waals surface area (Å²) in [7, 11) is 0. The van der Waals surface area contributed by atoms with Crippen LogP contribution in [0, 0.1) is 0 Å². The maximum atomic E-state index is 6.17. The second-order valence-electron chi connectivity index (χ2n) is 5.78. The van der Waals surface area contributed by atoms with E-state index in [1.807, 2.05) is 24.3 Å². The van der Waals surface area contributed by atoms with Crippen LogP contribution in [0.2, 0.25) is 5.02 Å². The van der Waals surface area contributed by atoms with Gasteiger partial charge in [0.05, 0.1) is 16.3 Å². The Bertz CT molecular complexity index is 902. The van der Waals surface area contributed by atoms with Gasteiger partial charge in [-0.2, -0.15) is 0 Å². The molecule has 1 saturated carbocycles. The lowest BCUT2D eigenvalue weighted by molar-refractivity contribution is 0.528. The number of allylic oxidation sites excluding steroid dienone is 1. The molecule has 3 aromatic rings. The standard InChI is InChI=1S/C17H16ClN5OS/c1-2-9-23-15(11-7-8-11)20-22-17(23)25-10-14-19-21-16(24-14)12-5-3-4-6-13(12)18/h2-6,11H,1,7-10H2. The number of hydrogen-bond donors (Lipinski definition) is 0. The molecule has 0 aliphatic heterocycles. The molecular formula is C17H16ClN5OS. The van der Waals surface area contributed by atoms with E-state index in [2.05, 4.69) is 31.5 Å². The molecule has 6 nitrogen and oxygen atoms in total. The molecule has 25 heavy (non-hydrogen) atoms. The minimum atomic E-state index is 0.424. The molecule has 1 aliphatic rings. The summed E-state index contributed by atoms with van der Waals surface area (Å²) in [6.07, 6.45) is 4.23. The molecule has 0 unspecified atom stereocenters. The van der Waals surface area contributed by atoms with E-state index in [4.69, 9.17) is 16.0 Å². The average Bonchev–Trinajstić information content (AvgIpc) is 3.22. The summed E-state index contributed by atoms with van der Waals surface area (Å²) in [5.41, 5.74) is 0.735. The first-order valence-corrected chi connectivity index (χ1v) is 9.36. The largest absolute Gasteiger partial charge is 0.420 e. The second-order valence-corrected chi connectivity index (χ2v) is 7.13. The Morgan fingerprint density at radius 3 is 2.84 bits per heavy atom. The summed E-state index contributed by atoms with van der Waals surface area (Å²) in [6, 6.07) is 7.40. The summed E-state index contributed by atoms with van der Waals surface area (Å²) in [6.45, 7) is 4.53. The first-order chi connectivity index (χ1) is 12.3. The minimum absolute atomic E-state index is 0.424. The van der Waals surface area contributed by atoms with Crippen LogP contribution in [-0.2, 0) is 12.3 Å². The molecule has 128 valence electrons. The van der Waals surface area contributed by atoms with Gasteiger partial charge in [0.15, 0.2) is 5.16 Å². The Hall–Kier alpha value is -2.12. The fourth-order valence-corrected chi connectivity index (χ4v) is 3.54. The predicted octanol–water partition coefficient (Wildman–Crippen LogP) is 4.34. The van der Waals surface area contributed by atoms with Gasteiger partial charge in [-0.3, -0.25) is 0 Å². The van der Waals surface area contributed by atoms with E-state index in [-0.39, 0.29) is 0 Å². The normalized spacial score (nSPS) is 14.0. The third-order valence-electron chi connectivity index (χ3n) is 3.90. The van der Waals surface area contributed by atoms with E-state index in [1.165, 1.54) is 24.6 Å². The lowest BCUT2D eigenvalue weighted by Gasteiger charge is -2.05. The van der Waals surface area contributed by atoms with Crippen LogP contribution in [0.4, 0.5) is 0 Å². The lowest BCUT2D eigenvalue weighted by Crippen LogP contribution is -2.02. The Morgan fingerprint density at radius 2 is 2.08 bits per heavy atom. The van der Waals surface area contributed by atoms with Crippen molar-refractivity contribution in [3.05, 3.63) is 53.7 Å². The van der Waals surface area contributed by atoms with Gasteiger partial charge in [0.25, 0.3) is 0 Å². The summed E-state index contributed by atoms with van der Waals surface area (Å²) in [5, 5.41) is 18.3. The third kappa shape index (κ3) is 3.48. The topological polar surface area (TPSA) is 69.6 Å². The summed E-state index contributed by atoms with van der Waals surface area (Å²) < 4.78 is 7.85. The van der Waals surface area contributed by atoms with Crippen molar-refractivity contribution >= 4 is 23.4 Å². The zero-order valence-corrected chi connectivity index (χ0v) is 15.0. The van der Waals surface area contributed by atoms with Crippen LogP contribution < -0.4 is 0 Å². The average molecular weight is 374 g/mol. The molecule has 0 atom stereocenters. The van der Waals surface area contributed by atoms with Gasteiger partial charge >= 0.3 is 0 Å². The van der Waals surface area contributed by atoms with Crippen molar-refractivity contribution < 1.29 is 4.42 Å². The van der Waals surface area contributed by atoms with Crippen molar-refractivity contribution in [2.45, 2.75) is 36.2 Å². The molecule has 0 radical (unpaired) electrons. The molecule has 0 bridgehead atoms. The number of nitrogens with zero attached hydrogens (tertiary/aromatic N) is 5. The number of rotatable bonds is 7. The van der Waals surface area contributed by atoms with Gasteiger partial charge in [0, 0.05) is 12.5 Å². The zero-order valence-electron chi connectivity index (χ0n) is 13.4. The molecule has 4 rings (SSSR count). The van der Waals surface area contributed by atoms with E-state index in [9.17, 15) is 0 Å². The number of halogens is 1. The molecule has 0 saturated heterocycles. The fourth-order valence-electron chi connectivity index (χ4n) is 2.53. The first kappa shape index (κ1) is 16.4. The van der Waals surface area contributed by atoms with Gasteiger partial charge in [-0.05, 0) is 25.0 Å². The highest BCUT2D eigenvalue weighted by Gasteiger charge is 2.30. The van der Waals surface area contributed by atoms with Crippen LogP contribution >= 0.6 is 23.4 Å². The molecule has 2 heterocycles. The van der Waals surface area contributed by atoms with Crippen molar-refractivity contribution in [1.29, 1.82) is 0 Å². The molecule has 0 spiro atoms. The highest BCUT2D eigenvalue weighted by Crippen LogP contribution is 2.40. The molecule has 0 amide bonds. The Labute approximate surface area is 154 Å². The molecule has 2 aromatic heterocycles. The van der Waals surface area contributed by atoms with Crippen LogP contribution in [0.1, 0.15) is 30.5 Å². The lowest BCUT2D eigenvalue weighted by atomic mass is 10.2. The molecule has 8 heteroatoms. The molecular weight excluding hydrogens is 358 g/mol. The molecule has 1 aromatic carbocycles. The zero-order chi connectivity index (χ0) is 17.2. The van der Waals surface area contributed by atoms with Crippen molar-refractivity contribution in [2.24, 2.45) is 0 Å². The summed E-state index contributed by atoms with van der Waals surface area (Å²) >= 11 is 7.70. The highest BCUT2D eigenvalue weighted by atomic mass is 35.5. The first-order valence-electron chi connectivity index (χ1n) is 8.00. The van der Waals surface area contributed by atoms with E-state index < -0.39 is 0 Å². The van der Waals surface area contributed by atoms with Crippen LogP contribution in [0.25, 0.3) is 11.5 Å². The summed E-state index contributed by atoms with van der Waals surface area (Å²) in [5.74, 6) is 3.06. The van der Waals surface area contributed by atoms with E-state index in [0.717, 1.165) is 16.5 Å². The van der Waals surface area contributed by atoms with Crippen LogP contribution in [0.15, 0.2) is 46.5 Å². The van der Waals surface area contributed by atoms with Gasteiger partial charge in [-0.15, -0.1) is 27.0 Å². The Morgan fingerprint density at radius 1 is 1.24 bits per heavy atom. The Kier molecular flexibility index (Phi) is 4.59. The maximum absolute atomic E-state index is 6.17. The van der Waals surface area contributed by atoms with E-state index in [0.29, 0.717) is 35.0 Å². The van der Waals surface area contributed by atoms with Crippen LogP contribution in [0.3, 0.4) is 0 Å². The summed E-state index contributed by atoms with van der Waals surface area (Å²) in [4.78, 5) is 0. The quantitative estimate of drug-likeness (QED) is 0.453.